The Labute approximate surface area is 386 Å². The molecule has 2 nitrogen and oxygen atoms in total. The molecule has 312 valence electrons. The summed E-state index contributed by atoms with van der Waals surface area (Å²) in [5.74, 6) is 0. The Bertz CT molecular complexity index is 3610. The Hall–Kier alpha value is -8.20. The maximum atomic E-state index is 2.49. The number of anilines is 3. The quantitative estimate of drug-likeness (QED) is 0.155. The summed E-state index contributed by atoms with van der Waals surface area (Å²) in [6.45, 7) is 4.69. The molecule has 1 heterocycles. The largest absolute Gasteiger partial charge is 0.310 e. The van der Waals surface area contributed by atoms with Gasteiger partial charge < -0.3 is 9.47 Å². The van der Waals surface area contributed by atoms with Gasteiger partial charge in [-0.3, -0.25) is 0 Å². The Kier molecular flexibility index (Phi) is 8.51. The standard InChI is InChI=1S/C64H46N2/c1-63(2)57-27-15-12-26-53(57)54-42-50(36-37-58(54)63)65(47-20-8-4-9-21-47)49-34-30-43(31-35-49)44-32-38-61-55(40-44)56-41-46(33-39-62(56)66(61)48-22-10-5-11-23-48)64(45-18-6-3-7-19-45)59-28-16-13-24-51(59)52-25-14-17-29-60(52)64/h3-42H,1-2H3. The van der Waals surface area contributed by atoms with Crippen molar-refractivity contribution in [1.29, 1.82) is 0 Å². The number of fused-ring (bicyclic) bond motifs is 9. The molecule has 0 N–H and O–H groups in total. The Balaban J connectivity index is 0.971. The van der Waals surface area contributed by atoms with Crippen LogP contribution in [0, 0.1) is 0 Å². The van der Waals surface area contributed by atoms with Gasteiger partial charge in [0, 0.05) is 38.9 Å². The molecule has 2 aliphatic rings. The molecule has 66 heavy (non-hydrogen) atoms. The van der Waals surface area contributed by atoms with Crippen LogP contribution < -0.4 is 4.90 Å². The SMILES string of the molecule is CC1(C)c2ccccc2-c2cc(N(c3ccccc3)c3ccc(-c4ccc5c(c4)c4cc(C6(c7ccccc7)c7ccccc7-c7ccccc76)ccc4n5-c4ccccc4)cc3)ccc21. The van der Waals surface area contributed by atoms with Gasteiger partial charge in [0.1, 0.15) is 0 Å². The zero-order valence-electron chi connectivity index (χ0n) is 37.0. The number of rotatable bonds is 7. The summed E-state index contributed by atoms with van der Waals surface area (Å²) in [5.41, 5.74) is 21.9. The Morgan fingerprint density at radius 3 is 1.48 bits per heavy atom. The normalized spacial score (nSPS) is 13.8. The number of hydrogen-bond acceptors (Lipinski definition) is 1. The van der Waals surface area contributed by atoms with Crippen LogP contribution in [0.1, 0.15) is 47.2 Å². The number of aromatic nitrogens is 1. The van der Waals surface area contributed by atoms with Crippen molar-refractivity contribution in [2.75, 3.05) is 4.90 Å². The van der Waals surface area contributed by atoms with Gasteiger partial charge in [0.05, 0.1) is 16.4 Å². The van der Waals surface area contributed by atoms with E-state index in [1.54, 1.807) is 0 Å². The first-order valence-corrected chi connectivity index (χ1v) is 23.1. The molecular formula is C64H46N2. The van der Waals surface area contributed by atoms with E-state index < -0.39 is 5.41 Å². The third-order valence-electron chi connectivity index (χ3n) is 14.7. The van der Waals surface area contributed by atoms with Gasteiger partial charge in [0.25, 0.3) is 0 Å². The van der Waals surface area contributed by atoms with E-state index in [0.717, 1.165) is 22.7 Å². The lowest BCUT2D eigenvalue weighted by Gasteiger charge is -2.34. The third-order valence-corrected chi connectivity index (χ3v) is 14.7. The van der Waals surface area contributed by atoms with E-state index >= 15 is 0 Å². The lowest BCUT2D eigenvalue weighted by atomic mass is 9.67. The smallest absolute Gasteiger partial charge is 0.0713 e. The Morgan fingerprint density at radius 1 is 0.333 bits per heavy atom. The van der Waals surface area contributed by atoms with Gasteiger partial charge in [0.15, 0.2) is 0 Å². The van der Waals surface area contributed by atoms with Gasteiger partial charge in [-0.05, 0) is 140 Å². The van der Waals surface area contributed by atoms with Crippen LogP contribution >= 0.6 is 0 Å². The van der Waals surface area contributed by atoms with Crippen molar-refractivity contribution >= 4 is 38.9 Å². The number of nitrogens with zero attached hydrogens (tertiary/aromatic N) is 2. The lowest BCUT2D eigenvalue weighted by molar-refractivity contribution is 0.660. The molecule has 2 heteroatoms. The monoisotopic (exact) mass is 842 g/mol. The molecule has 0 fully saturated rings. The first kappa shape index (κ1) is 38.3. The van der Waals surface area contributed by atoms with Crippen molar-refractivity contribution in [2.45, 2.75) is 24.7 Å². The zero-order valence-corrected chi connectivity index (χ0v) is 37.0. The van der Waals surface area contributed by atoms with Crippen LogP contribution in [0.4, 0.5) is 17.1 Å². The molecule has 0 saturated carbocycles. The first-order chi connectivity index (χ1) is 32.5. The minimum absolute atomic E-state index is 0.0452. The summed E-state index contributed by atoms with van der Waals surface area (Å²) in [4.78, 5) is 2.39. The van der Waals surface area contributed by atoms with Crippen LogP contribution in [0.25, 0.3) is 60.9 Å². The average Bonchev–Trinajstić information content (AvgIpc) is 3.95. The molecule has 1 aromatic heterocycles. The first-order valence-electron chi connectivity index (χ1n) is 23.1. The molecule has 2 aliphatic carbocycles. The van der Waals surface area contributed by atoms with E-state index in [4.69, 9.17) is 0 Å². The van der Waals surface area contributed by atoms with E-state index in [0.29, 0.717) is 0 Å². The van der Waals surface area contributed by atoms with Crippen molar-refractivity contribution in [3.8, 4) is 39.1 Å². The molecule has 0 unspecified atom stereocenters. The highest BCUT2D eigenvalue weighted by Crippen LogP contribution is 2.57. The van der Waals surface area contributed by atoms with Crippen molar-refractivity contribution in [3.63, 3.8) is 0 Å². The molecule has 0 bridgehead atoms. The maximum Gasteiger partial charge on any atom is 0.0713 e. The van der Waals surface area contributed by atoms with E-state index in [2.05, 4.69) is 266 Å². The highest BCUT2D eigenvalue weighted by Gasteiger charge is 2.46. The number of para-hydroxylation sites is 2. The summed E-state index contributed by atoms with van der Waals surface area (Å²) in [6, 6.07) is 90.0. The van der Waals surface area contributed by atoms with Crippen LogP contribution in [0.15, 0.2) is 243 Å². The highest BCUT2D eigenvalue weighted by atomic mass is 15.1. The topological polar surface area (TPSA) is 8.17 Å². The van der Waals surface area contributed by atoms with Crippen LogP contribution in [0.3, 0.4) is 0 Å². The molecule has 0 radical (unpaired) electrons. The lowest BCUT2D eigenvalue weighted by Crippen LogP contribution is -2.28. The van der Waals surface area contributed by atoms with E-state index in [9.17, 15) is 0 Å². The highest BCUT2D eigenvalue weighted by molar-refractivity contribution is 6.11. The van der Waals surface area contributed by atoms with Gasteiger partial charge in [0.2, 0.25) is 0 Å². The van der Waals surface area contributed by atoms with E-state index in [1.807, 2.05) is 0 Å². The van der Waals surface area contributed by atoms with Crippen LogP contribution in [0.2, 0.25) is 0 Å². The molecule has 0 saturated heterocycles. The minimum Gasteiger partial charge on any atom is -0.310 e. The molecule has 0 amide bonds. The molecule has 0 atom stereocenters. The molecular weight excluding hydrogens is 797 g/mol. The van der Waals surface area contributed by atoms with Crippen LogP contribution in [-0.2, 0) is 10.8 Å². The van der Waals surface area contributed by atoms with Gasteiger partial charge >= 0.3 is 0 Å². The van der Waals surface area contributed by atoms with Gasteiger partial charge in [-0.2, -0.15) is 0 Å². The van der Waals surface area contributed by atoms with E-state index in [1.165, 1.54) is 88.6 Å². The van der Waals surface area contributed by atoms with Crippen molar-refractivity contribution in [1.82, 2.24) is 4.57 Å². The fourth-order valence-electron chi connectivity index (χ4n) is 11.7. The predicted molar refractivity (Wildman–Crippen MR) is 276 cm³/mol. The summed E-state index contributed by atoms with van der Waals surface area (Å²) in [5, 5.41) is 2.46. The third kappa shape index (κ3) is 5.55. The predicted octanol–water partition coefficient (Wildman–Crippen LogP) is 16.6. The molecule has 0 spiro atoms. The second-order valence-electron chi connectivity index (χ2n) is 18.5. The zero-order chi connectivity index (χ0) is 44.0. The molecule has 13 rings (SSSR count). The van der Waals surface area contributed by atoms with Gasteiger partial charge in [-0.15, -0.1) is 0 Å². The van der Waals surface area contributed by atoms with Crippen molar-refractivity contribution in [2.24, 2.45) is 0 Å². The van der Waals surface area contributed by atoms with Gasteiger partial charge in [-0.25, -0.2) is 0 Å². The van der Waals surface area contributed by atoms with Gasteiger partial charge in [-0.1, -0.05) is 184 Å². The fraction of sp³-hybridized carbons (Fsp3) is 0.0625. The Morgan fingerprint density at radius 2 is 0.818 bits per heavy atom. The average molecular weight is 843 g/mol. The van der Waals surface area contributed by atoms with E-state index in [-0.39, 0.29) is 5.41 Å². The summed E-state index contributed by atoms with van der Waals surface area (Å²) in [7, 11) is 0. The van der Waals surface area contributed by atoms with Crippen molar-refractivity contribution < 1.29 is 0 Å². The second kappa shape index (κ2) is 14.7. The molecule has 0 aliphatic heterocycles. The second-order valence-corrected chi connectivity index (χ2v) is 18.5. The van der Waals surface area contributed by atoms with Crippen molar-refractivity contribution in [3.05, 3.63) is 276 Å². The summed E-state index contributed by atoms with van der Waals surface area (Å²) >= 11 is 0. The van der Waals surface area contributed by atoms with Crippen LogP contribution in [0.5, 0.6) is 0 Å². The summed E-state index contributed by atoms with van der Waals surface area (Å²) < 4.78 is 2.43. The number of benzene rings is 10. The molecule has 11 aromatic rings. The number of hydrogen-bond donors (Lipinski definition) is 0. The maximum absolute atomic E-state index is 2.49. The fourth-order valence-corrected chi connectivity index (χ4v) is 11.7. The molecule has 10 aromatic carbocycles. The van der Waals surface area contributed by atoms with Crippen LogP contribution in [-0.4, -0.2) is 4.57 Å². The summed E-state index contributed by atoms with van der Waals surface area (Å²) in [6.07, 6.45) is 0. The minimum atomic E-state index is -0.486.